The molecule has 0 aromatic heterocycles. The quantitative estimate of drug-likeness (QED) is 0.780. The van der Waals surface area contributed by atoms with Crippen molar-refractivity contribution in [2.24, 2.45) is 5.41 Å². The summed E-state index contributed by atoms with van der Waals surface area (Å²) in [5.41, 5.74) is 0.766. The Morgan fingerprint density at radius 1 is 1.24 bits per heavy atom. The van der Waals surface area contributed by atoms with Gasteiger partial charge in [0.1, 0.15) is 0 Å². The molecule has 21 heavy (non-hydrogen) atoms. The summed E-state index contributed by atoms with van der Waals surface area (Å²) in [6.07, 6.45) is 6.03. The number of aliphatic hydroxyl groups is 1. The number of rotatable bonds is 5. The molecule has 3 rings (SSSR count). The van der Waals surface area contributed by atoms with E-state index in [-0.39, 0.29) is 11.4 Å². The normalized spacial score (nSPS) is 21.8. The summed E-state index contributed by atoms with van der Waals surface area (Å²) in [6.45, 7) is 0.543. The van der Waals surface area contributed by atoms with Crippen LogP contribution in [-0.2, 0) is 0 Å². The molecule has 4 heteroatoms. The molecule has 1 atom stereocenters. The molecule has 0 aliphatic heterocycles. The largest absolute Gasteiger partial charge is 0.388 e. The first-order valence-electron chi connectivity index (χ1n) is 7.97. The van der Waals surface area contributed by atoms with Crippen LogP contribution in [0.15, 0.2) is 30.3 Å². The van der Waals surface area contributed by atoms with Crippen LogP contribution in [0.5, 0.6) is 0 Å². The van der Waals surface area contributed by atoms with Gasteiger partial charge < -0.3 is 15.7 Å². The maximum atomic E-state index is 11.9. The van der Waals surface area contributed by atoms with Crippen LogP contribution >= 0.6 is 0 Å². The number of benzene rings is 1. The molecule has 2 fully saturated rings. The molecule has 0 spiro atoms. The zero-order valence-corrected chi connectivity index (χ0v) is 12.3. The van der Waals surface area contributed by atoms with Crippen LogP contribution in [0.1, 0.15) is 50.2 Å². The van der Waals surface area contributed by atoms with E-state index < -0.39 is 6.10 Å². The molecule has 0 bridgehead atoms. The SMILES string of the molecule is O=C(NCC1(C(O)c2ccccc2)CC1)NC1CCCC1. The summed E-state index contributed by atoms with van der Waals surface area (Å²) in [5.74, 6) is 0. The van der Waals surface area contributed by atoms with Crippen LogP contribution < -0.4 is 10.6 Å². The third kappa shape index (κ3) is 3.38. The number of carbonyl (C=O) groups is 1. The predicted molar refractivity (Wildman–Crippen MR) is 81.9 cm³/mol. The van der Waals surface area contributed by atoms with Gasteiger partial charge in [-0.05, 0) is 31.2 Å². The molecule has 0 radical (unpaired) electrons. The van der Waals surface area contributed by atoms with Crippen LogP contribution in [0.4, 0.5) is 4.79 Å². The lowest BCUT2D eigenvalue weighted by Gasteiger charge is -2.23. The van der Waals surface area contributed by atoms with Crippen molar-refractivity contribution < 1.29 is 9.90 Å². The Morgan fingerprint density at radius 3 is 2.52 bits per heavy atom. The van der Waals surface area contributed by atoms with Crippen LogP contribution in [0, 0.1) is 5.41 Å². The van der Waals surface area contributed by atoms with Gasteiger partial charge in [-0.15, -0.1) is 0 Å². The maximum Gasteiger partial charge on any atom is 0.315 e. The number of carbonyl (C=O) groups excluding carboxylic acids is 1. The van der Waals surface area contributed by atoms with Crippen molar-refractivity contribution in [2.75, 3.05) is 6.54 Å². The second-order valence-corrected chi connectivity index (χ2v) is 6.48. The van der Waals surface area contributed by atoms with Gasteiger partial charge in [0.25, 0.3) is 0 Å². The molecule has 4 nitrogen and oxygen atoms in total. The summed E-state index contributed by atoms with van der Waals surface area (Å²) >= 11 is 0. The second kappa shape index (κ2) is 6.06. The number of aliphatic hydroxyl groups excluding tert-OH is 1. The molecular weight excluding hydrogens is 264 g/mol. The Morgan fingerprint density at radius 2 is 1.90 bits per heavy atom. The topological polar surface area (TPSA) is 61.4 Å². The first-order chi connectivity index (χ1) is 10.2. The monoisotopic (exact) mass is 288 g/mol. The minimum absolute atomic E-state index is 0.0894. The van der Waals surface area contributed by atoms with E-state index in [9.17, 15) is 9.90 Å². The first kappa shape index (κ1) is 14.4. The Balaban J connectivity index is 1.51. The minimum atomic E-state index is -0.495. The fourth-order valence-electron chi connectivity index (χ4n) is 3.26. The molecule has 1 aromatic rings. The molecule has 3 N–H and O–H groups in total. The Labute approximate surface area is 125 Å². The fourth-order valence-corrected chi connectivity index (χ4v) is 3.26. The zero-order chi connectivity index (χ0) is 14.7. The highest BCUT2D eigenvalue weighted by molar-refractivity contribution is 5.74. The molecule has 2 amide bonds. The highest BCUT2D eigenvalue weighted by atomic mass is 16.3. The molecule has 2 aliphatic carbocycles. The number of hydrogen-bond donors (Lipinski definition) is 3. The Bertz CT molecular complexity index is 479. The van der Waals surface area contributed by atoms with Gasteiger partial charge in [-0.1, -0.05) is 43.2 Å². The summed E-state index contributed by atoms with van der Waals surface area (Å²) in [5, 5.41) is 16.5. The molecular formula is C17H24N2O2. The van der Waals surface area contributed by atoms with E-state index in [4.69, 9.17) is 0 Å². The lowest BCUT2D eigenvalue weighted by Crippen LogP contribution is -2.43. The standard InChI is InChI=1S/C17H24N2O2/c20-15(13-6-2-1-3-7-13)17(10-11-17)12-18-16(21)19-14-8-4-5-9-14/h1-3,6-7,14-15,20H,4-5,8-12H2,(H2,18,19,21). The van der Waals surface area contributed by atoms with Crippen LogP contribution in [-0.4, -0.2) is 23.7 Å². The van der Waals surface area contributed by atoms with Gasteiger partial charge in [-0.3, -0.25) is 0 Å². The molecule has 2 saturated carbocycles. The maximum absolute atomic E-state index is 11.9. The first-order valence-corrected chi connectivity index (χ1v) is 7.97. The number of nitrogens with one attached hydrogen (secondary N) is 2. The highest BCUT2D eigenvalue weighted by Crippen LogP contribution is 2.54. The molecule has 114 valence electrons. The molecule has 0 saturated heterocycles. The van der Waals surface area contributed by atoms with Crippen LogP contribution in [0.3, 0.4) is 0 Å². The fraction of sp³-hybridized carbons (Fsp3) is 0.588. The van der Waals surface area contributed by atoms with Gasteiger partial charge in [0.05, 0.1) is 6.10 Å². The van der Waals surface area contributed by atoms with Crippen molar-refractivity contribution in [1.82, 2.24) is 10.6 Å². The molecule has 1 unspecified atom stereocenters. The average molecular weight is 288 g/mol. The lowest BCUT2D eigenvalue weighted by molar-refractivity contribution is 0.0931. The van der Waals surface area contributed by atoms with E-state index in [1.165, 1.54) is 12.8 Å². The summed E-state index contributed by atoms with van der Waals surface area (Å²) < 4.78 is 0. The third-order valence-electron chi connectivity index (χ3n) is 4.88. The van der Waals surface area contributed by atoms with Gasteiger partial charge in [0.2, 0.25) is 0 Å². The van der Waals surface area contributed by atoms with Crippen molar-refractivity contribution >= 4 is 6.03 Å². The minimum Gasteiger partial charge on any atom is -0.388 e. The predicted octanol–water partition coefficient (Wildman–Crippen LogP) is 2.74. The highest BCUT2D eigenvalue weighted by Gasteiger charge is 2.49. The van der Waals surface area contributed by atoms with Gasteiger partial charge in [-0.2, -0.15) is 0 Å². The molecule has 0 heterocycles. The van der Waals surface area contributed by atoms with Crippen molar-refractivity contribution in [1.29, 1.82) is 0 Å². The van der Waals surface area contributed by atoms with E-state index in [1.807, 2.05) is 30.3 Å². The smallest absolute Gasteiger partial charge is 0.315 e. The van der Waals surface area contributed by atoms with Crippen molar-refractivity contribution in [2.45, 2.75) is 50.7 Å². The van der Waals surface area contributed by atoms with Crippen molar-refractivity contribution in [3.05, 3.63) is 35.9 Å². The average Bonchev–Trinajstić information content (AvgIpc) is 3.14. The Hall–Kier alpha value is -1.55. The summed E-state index contributed by atoms with van der Waals surface area (Å²) in [6, 6.07) is 9.96. The van der Waals surface area contributed by atoms with Crippen molar-refractivity contribution in [3.8, 4) is 0 Å². The van der Waals surface area contributed by atoms with E-state index in [0.29, 0.717) is 12.6 Å². The summed E-state index contributed by atoms with van der Waals surface area (Å²) in [7, 11) is 0. The zero-order valence-electron chi connectivity index (χ0n) is 12.3. The van der Waals surface area contributed by atoms with Gasteiger partial charge in [0, 0.05) is 18.0 Å². The van der Waals surface area contributed by atoms with E-state index in [0.717, 1.165) is 31.2 Å². The van der Waals surface area contributed by atoms with Gasteiger partial charge in [0.15, 0.2) is 0 Å². The van der Waals surface area contributed by atoms with E-state index in [2.05, 4.69) is 10.6 Å². The summed E-state index contributed by atoms with van der Waals surface area (Å²) in [4.78, 5) is 11.9. The number of urea groups is 1. The lowest BCUT2D eigenvalue weighted by atomic mass is 9.93. The van der Waals surface area contributed by atoms with E-state index in [1.54, 1.807) is 0 Å². The molecule has 1 aromatic carbocycles. The third-order valence-corrected chi connectivity index (χ3v) is 4.88. The number of amides is 2. The Kier molecular flexibility index (Phi) is 4.15. The van der Waals surface area contributed by atoms with Gasteiger partial charge in [-0.25, -0.2) is 4.79 Å². The number of hydrogen-bond acceptors (Lipinski definition) is 2. The van der Waals surface area contributed by atoms with Crippen LogP contribution in [0.25, 0.3) is 0 Å². The van der Waals surface area contributed by atoms with Gasteiger partial charge >= 0.3 is 6.03 Å². The van der Waals surface area contributed by atoms with E-state index >= 15 is 0 Å². The molecule has 2 aliphatic rings. The second-order valence-electron chi connectivity index (χ2n) is 6.48. The van der Waals surface area contributed by atoms with Crippen LogP contribution in [0.2, 0.25) is 0 Å². The van der Waals surface area contributed by atoms with Crippen molar-refractivity contribution in [3.63, 3.8) is 0 Å².